The largest absolute Gasteiger partial charge is 0.497 e. The Morgan fingerprint density at radius 3 is 2.53 bits per heavy atom. The topological polar surface area (TPSA) is 53.8 Å². The minimum atomic E-state index is -1.12. The molecule has 170 valence electrons. The Morgan fingerprint density at radius 2 is 1.84 bits per heavy atom. The molecule has 0 spiro atoms. The Kier molecular flexibility index (Phi) is 7.07. The Balaban J connectivity index is 1.63. The van der Waals surface area contributed by atoms with Gasteiger partial charge in [-0.15, -0.1) is 6.58 Å². The average molecular weight is 456 g/mol. The zero-order valence-corrected chi connectivity index (χ0v) is 19.2. The highest BCUT2D eigenvalue weighted by molar-refractivity contribution is 6.65. The lowest BCUT2D eigenvalue weighted by Crippen LogP contribution is -2.49. The summed E-state index contributed by atoms with van der Waals surface area (Å²) in [6.07, 6.45) is 6.75. The van der Waals surface area contributed by atoms with Gasteiger partial charge in [0.2, 0.25) is 0 Å². The third-order valence-electron chi connectivity index (χ3n) is 6.50. The molecule has 4 rings (SSSR count). The second-order valence-electron chi connectivity index (χ2n) is 8.56. The Hall–Kier alpha value is -2.50. The molecule has 0 unspecified atom stereocenters. The molecule has 2 aliphatic rings. The van der Waals surface area contributed by atoms with Gasteiger partial charge in [0.15, 0.2) is 5.79 Å². The molecule has 6 heteroatoms. The Labute approximate surface area is 194 Å². The molecule has 0 saturated heterocycles. The summed E-state index contributed by atoms with van der Waals surface area (Å²) in [4.78, 5) is 6.22. The van der Waals surface area contributed by atoms with Crippen molar-refractivity contribution in [1.29, 1.82) is 0 Å². The summed E-state index contributed by atoms with van der Waals surface area (Å²) in [5.41, 5.74) is 2.18. The summed E-state index contributed by atoms with van der Waals surface area (Å²) in [5.74, 6) is -0.456. The molecule has 5 nitrogen and oxygen atoms in total. The van der Waals surface area contributed by atoms with E-state index in [0.717, 1.165) is 37.0 Å². The van der Waals surface area contributed by atoms with Crippen LogP contribution < -0.4 is 4.74 Å². The first-order valence-corrected chi connectivity index (χ1v) is 11.6. The van der Waals surface area contributed by atoms with E-state index in [0.29, 0.717) is 17.7 Å². The second kappa shape index (κ2) is 9.97. The van der Waals surface area contributed by atoms with Gasteiger partial charge in [-0.2, -0.15) is 0 Å². The van der Waals surface area contributed by atoms with Gasteiger partial charge in [0.25, 0.3) is 0 Å². The maximum atomic E-state index is 12.8. The molecule has 32 heavy (non-hydrogen) atoms. The molecule has 4 atom stereocenters. The fourth-order valence-electron chi connectivity index (χ4n) is 4.90. The van der Waals surface area contributed by atoms with E-state index in [2.05, 4.69) is 30.8 Å². The lowest BCUT2D eigenvalue weighted by Gasteiger charge is -2.44. The second-order valence-corrected chi connectivity index (χ2v) is 8.95. The van der Waals surface area contributed by atoms with Crippen LogP contribution in [0, 0.1) is 5.21 Å². The molecule has 0 amide bonds. The van der Waals surface area contributed by atoms with E-state index in [-0.39, 0.29) is 23.1 Å². The van der Waals surface area contributed by atoms with Crippen molar-refractivity contribution in [3.63, 3.8) is 0 Å². The van der Waals surface area contributed by atoms with Crippen LogP contribution in [0.1, 0.15) is 61.5 Å². The van der Waals surface area contributed by atoms with Gasteiger partial charge in [-0.1, -0.05) is 61.4 Å². The summed E-state index contributed by atoms with van der Waals surface area (Å²) in [6.45, 7) is 3.90. The van der Waals surface area contributed by atoms with Gasteiger partial charge in [0, 0.05) is 18.8 Å². The highest BCUT2D eigenvalue weighted by atomic mass is 35.5. The van der Waals surface area contributed by atoms with Gasteiger partial charge >= 0.3 is 5.17 Å². The zero-order chi connectivity index (χ0) is 22.6. The summed E-state index contributed by atoms with van der Waals surface area (Å²) in [6, 6.07) is 18.0. The van der Waals surface area contributed by atoms with E-state index in [1.54, 1.807) is 13.2 Å². The zero-order valence-electron chi connectivity index (χ0n) is 18.4. The van der Waals surface area contributed by atoms with Crippen LogP contribution in [0.3, 0.4) is 0 Å². The first-order chi connectivity index (χ1) is 15.5. The molecule has 0 N–H and O–H groups in total. The van der Waals surface area contributed by atoms with E-state index in [4.69, 9.17) is 25.9 Å². The van der Waals surface area contributed by atoms with Crippen molar-refractivity contribution in [2.24, 2.45) is 0 Å². The van der Waals surface area contributed by atoms with Crippen LogP contribution in [0.15, 0.2) is 67.3 Å². The quantitative estimate of drug-likeness (QED) is 0.364. The number of hydrogen-bond acceptors (Lipinski definition) is 4. The number of methoxy groups -OCH3 is 1. The van der Waals surface area contributed by atoms with Gasteiger partial charge in [-0.25, -0.2) is 0 Å². The molecule has 1 aliphatic carbocycles. The van der Waals surface area contributed by atoms with Crippen molar-refractivity contribution >= 4 is 16.8 Å². The highest BCUT2D eigenvalue weighted by Crippen LogP contribution is 2.43. The predicted octanol–water partition coefficient (Wildman–Crippen LogP) is 6.28. The maximum absolute atomic E-state index is 12.8. The third-order valence-corrected chi connectivity index (χ3v) is 6.90. The molecule has 0 aromatic heterocycles. The standard InChI is InChI=1S/C26H30ClNO4/c1-3-17-26(31-24-12-8-7-11-22(24)19-9-5-4-6-10-19)18-23(25(27)28(29)32-26)20-13-15-21(30-2)16-14-20/h3-6,9-10,13-16,22-24H,1,7-8,11-12,17-18H2,2H3/t22-,23+,24+,26+/m1/s1. The molecule has 2 aromatic rings. The molecule has 0 radical (unpaired) electrons. The van der Waals surface area contributed by atoms with E-state index in [9.17, 15) is 5.21 Å². The van der Waals surface area contributed by atoms with Crippen molar-refractivity contribution in [1.82, 2.24) is 0 Å². The van der Waals surface area contributed by atoms with Crippen LogP contribution in [0.5, 0.6) is 5.75 Å². The summed E-state index contributed by atoms with van der Waals surface area (Å²) in [7, 11) is 1.62. The van der Waals surface area contributed by atoms with Gasteiger partial charge in [-0.05, 0) is 47.7 Å². The van der Waals surface area contributed by atoms with Crippen molar-refractivity contribution < 1.29 is 19.2 Å². The molecule has 1 fully saturated rings. The van der Waals surface area contributed by atoms with E-state index < -0.39 is 5.79 Å². The lowest BCUT2D eigenvalue weighted by atomic mass is 9.81. The minimum absolute atomic E-state index is 0.0482. The number of halogens is 1. The Bertz CT molecular complexity index is 946. The van der Waals surface area contributed by atoms with Crippen molar-refractivity contribution in [2.75, 3.05) is 7.11 Å². The predicted molar refractivity (Wildman–Crippen MR) is 126 cm³/mol. The lowest BCUT2D eigenvalue weighted by molar-refractivity contribution is -0.788. The van der Waals surface area contributed by atoms with Crippen LogP contribution in [0.4, 0.5) is 0 Å². The van der Waals surface area contributed by atoms with Gasteiger partial charge in [0.05, 0.1) is 24.0 Å². The molecule has 2 aromatic carbocycles. The fraction of sp³-hybridized carbons (Fsp3) is 0.423. The minimum Gasteiger partial charge on any atom is -0.497 e. The Morgan fingerprint density at radius 1 is 1.12 bits per heavy atom. The van der Waals surface area contributed by atoms with E-state index in [1.165, 1.54) is 5.56 Å². The van der Waals surface area contributed by atoms with Crippen molar-refractivity contribution in [3.8, 4) is 5.75 Å². The van der Waals surface area contributed by atoms with Crippen molar-refractivity contribution in [2.45, 2.75) is 62.3 Å². The average Bonchev–Trinajstić information content (AvgIpc) is 2.83. The molecular weight excluding hydrogens is 426 g/mol. The van der Waals surface area contributed by atoms with Crippen LogP contribution in [-0.4, -0.2) is 29.1 Å². The number of nitrogens with zero attached hydrogens (tertiary/aromatic N) is 1. The number of hydrogen-bond donors (Lipinski definition) is 0. The number of rotatable bonds is 7. The molecule has 1 saturated carbocycles. The van der Waals surface area contributed by atoms with Gasteiger partial charge in [0.1, 0.15) is 5.75 Å². The first kappa shape index (κ1) is 22.7. The van der Waals surface area contributed by atoms with E-state index in [1.807, 2.05) is 30.3 Å². The first-order valence-electron chi connectivity index (χ1n) is 11.2. The maximum Gasteiger partial charge on any atom is 0.319 e. The van der Waals surface area contributed by atoms with Crippen LogP contribution >= 0.6 is 11.6 Å². The summed E-state index contributed by atoms with van der Waals surface area (Å²) in [5, 5.41) is 12.9. The third kappa shape index (κ3) is 4.79. The van der Waals surface area contributed by atoms with Crippen LogP contribution in [0.25, 0.3) is 0 Å². The highest BCUT2D eigenvalue weighted by Gasteiger charge is 2.46. The van der Waals surface area contributed by atoms with Gasteiger partial charge in [-0.3, -0.25) is 5.21 Å². The molecule has 1 heterocycles. The van der Waals surface area contributed by atoms with Crippen LogP contribution in [0.2, 0.25) is 0 Å². The van der Waals surface area contributed by atoms with Crippen molar-refractivity contribution in [3.05, 3.63) is 83.6 Å². The number of ether oxygens (including phenoxy) is 2. The molecule has 1 aliphatic heterocycles. The van der Waals surface area contributed by atoms with Crippen LogP contribution in [-0.2, 0) is 9.57 Å². The number of benzene rings is 2. The normalized spacial score (nSPS) is 28.1. The van der Waals surface area contributed by atoms with E-state index >= 15 is 0 Å². The monoisotopic (exact) mass is 455 g/mol. The molecule has 0 bridgehead atoms. The SMILES string of the molecule is C=CC[C@@]1(O[C@H]2CCCC[C@@H]2c2ccccc2)C[C@@H](c2ccc(OC)cc2)C(Cl)=[N+]([O-])O1. The smallest absolute Gasteiger partial charge is 0.319 e. The molecular formula is C26H30ClNO4. The summed E-state index contributed by atoms with van der Waals surface area (Å²) >= 11 is 6.43. The fourth-order valence-corrected chi connectivity index (χ4v) is 5.14. The van der Waals surface area contributed by atoms with Gasteiger partial charge < -0.3 is 14.3 Å². The summed E-state index contributed by atoms with van der Waals surface area (Å²) < 4.78 is 12.0.